The van der Waals surface area contributed by atoms with Gasteiger partial charge in [-0.3, -0.25) is 14.6 Å². The highest BCUT2D eigenvalue weighted by molar-refractivity contribution is 6.08. The van der Waals surface area contributed by atoms with Gasteiger partial charge in [0.1, 0.15) is 11.4 Å². The molecule has 6 nitrogen and oxygen atoms in total. The Bertz CT molecular complexity index is 1030. The fraction of sp³-hybridized carbons (Fsp3) is 0.136. The summed E-state index contributed by atoms with van der Waals surface area (Å²) in [4.78, 5) is 29.3. The highest BCUT2D eigenvalue weighted by Crippen LogP contribution is 2.24. The molecule has 142 valence electrons. The summed E-state index contributed by atoms with van der Waals surface area (Å²) in [6, 6.07) is 15.8. The Labute approximate surface area is 163 Å². The Morgan fingerprint density at radius 1 is 0.893 bits per heavy atom. The molecule has 0 radical (unpaired) electrons. The minimum Gasteiger partial charge on any atom is -0.495 e. The highest BCUT2D eigenvalue weighted by atomic mass is 16.5. The van der Waals surface area contributed by atoms with Gasteiger partial charge in [-0.15, -0.1) is 0 Å². The number of carbonyl (C=O) groups is 2. The van der Waals surface area contributed by atoms with E-state index in [1.54, 1.807) is 24.3 Å². The molecule has 2 amide bonds. The Morgan fingerprint density at radius 2 is 1.61 bits per heavy atom. The van der Waals surface area contributed by atoms with Crippen molar-refractivity contribution in [2.75, 3.05) is 17.7 Å². The van der Waals surface area contributed by atoms with E-state index in [2.05, 4.69) is 15.6 Å². The van der Waals surface area contributed by atoms with Crippen molar-refractivity contribution < 1.29 is 14.3 Å². The van der Waals surface area contributed by atoms with Crippen LogP contribution in [0.4, 0.5) is 11.4 Å². The van der Waals surface area contributed by atoms with Crippen molar-refractivity contribution in [3.8, 4) is 5.75 Å². The van der Waals surface area contributed by atoms with Crippen molar-refractivity contribution in [1.29, 1.82) is 0 Å². The van der Waals surface area contributed by atoms with E-state index in [0.29, 0.717) is 17.0 Å². The standard InChI is InChI=1S/C22H21N3O3/c1-14-7-6-9-17(15(14)2)24-22(27)19-13-16(11-12-23-19)21(26)25-18-8-4-5-10-20(18)28-3/h4-13H,1-3H3,(H,24,27)(H,25,26). The van der Waals surface area contributed by atoms with Crippen LogP contribution in [0.2, 0.25) is 0 Å². The number of carbonyl (C=O) groups excluding carboxylic acids is 2. The molecule has 6 heteroatoms. The van der Waals surface area contributed by atoms with Gasteiger partial charge in [0, 0.05) is 17.4 Å². The molecule has 28 heavy (non-hydrogen) atoms. The van der Waals surface area contributed by atoms with E-state index in [-0.39, 0.29) is 17.5 Å². The van der Waals surface area contributed by atoms with Gasteiger partial charge in [0.2, 0.25) is 0 Å². The van der Waals surface area contributed by atoms with Gasteiger partial charge in [0.15, 0.2) is 0 Å². The van der Waals surface area contributed by atoms with Crippen LogP contribution in [-0.2, 0) is 0 Å². The molecule has 3 rings (SSSR count). The average Bonchev–Trinajstić information content (AvgIpc) is 2.72. The lowest BCUT2D eigenvalue weighted by molar-refractivity contribution is 0.102. The van der Waals surface area contributed by atoms with E-state index < -0.39 is 0 Å². The summed E-state index contributed by atoms with van der Waals surface area (Å²) in [6.45, 7) is 3.92. The number of nitrogens with one attached hydrogen (secondary N) is 2. The maximum Gasteiger partial charge on any atom is 0.274 e. The van der Waals surface area contributed by atoms with E-state index in [1.807, 2.05) is 38.1 Å². The van der Waals surface area contributed by atoms with Crippen molar-refractivity contribution in [1.82, 2.24) is 4.98 Å². The molecule has 0 aliphatic heterocycles. The van der Waals surface area contributed by atoms with Gasteiger partial charge in [-0.05, 0) is 55.3 Å². The highest BCUT2D eigenvalue weighted by Gasteiger charge is 2.14. The summed E-state index contributed by atoms with van der Waals surface area (Å²) in [5.41, 5.74) is 3.82. The molecule has 0 saturated heterocycles. The molecule has 1 aromatic heterocycles. The zero-order valence-electron chi connectivity index (χ0n) is 15.9. The molecule has 0 unspecified atom stereocenters. The minimum absolute atomic E-state index is 0.161. The van der Waals surface area contributed by atoms with Crippen LogP contribution in [0.25, 0.3) is 0 Å². The van der Waals surface area contributed by atoms with Crippen LogP contribution in [-0.4, -0.2) is 23.9 Å². The van der Waals surface area contributed by atoms with Crippen LogP contribution in [0.3, 0.4) is 0 Å². The Hall–Kier alpha value is -3.67. The second-order valence-electron chi connectivity index (χ2n) is 6.29. The SMILES string of the molecule is COc1ccccc1NC(=O)c1ccnc(C(=O)Nc2cccc(C)c2C)c1. The summed E-state index contributed by atoms with van der Waals surface area (Å²) in [7, 11) is 1.53. The van der Waals surface area contributed by atoms with Crippen molar-refractivity contribution in [2.24, 2.45) is 0 Å². The zero-order chi connectivity index (χ0) is 20.1. The fourth-order valence-corrected chi connectivity index (χ4v) is 2.71. The van der Waals surface area contributed by atoms with Gasteiger partial charge in [-0.2, -0.15) is 0 Å². The van der Waals surface area contributed by atoms with Crippen LogP contribution in [0.1, 0.15) is 32.0 Å². The number of benzene rings is 2. The number of hydrogen-bond donors (Lipinski definition) is 2. The van der Waals surface area contributed by atoms with Crippen molar-refractivity contribution in [3.63, 3.8) is 0 Å². The first-order valence-corrected chi connectivity index (χ1v) is 8.77. The Kier molecular flexibility index (Phi) is 5.69. The largest absolute Gasteiger partial charge is 0.495 e. The molecule has 0 aliphatic carbocycles. The van der Waals surface area contributed by atoms with E-state index in [0.717, 1.165) is 16.8 Å². The molecule has 0 atom stereocenters. The first kappa shape index (κ1) is 19.1. The van der Waals surface area contributed by atoms with Gasteiger partial charge in [-0.1, -0.05) is 24.3 Å². The van der Waals surface area contributed by atoms with Crippen LogP contribution in [0, 0.1) is 13.8 Å². The van der Waals surface area contributed by atoms with Crippen molar-refractivity contribution in [3.05, 3.63) is 83.2 Å². The molecule has 3 aromatic rings. The van der Waals surface area contributed by atoms with Crippen LogP contribution >= 0.6 is 0 Å². The Morgan fingerprint density at radius 3 is 2.39 bits per heavy atom. The third-order valence-electron chi connectivity index (χ3n) is 4.46. The first-order valence-electron chi connectivity index (χ1n) is 8.77. The monoisotopic (exact) mass is 375 g/mol. The smallest absolute Gasteiger partial charge is 0.274 e. The third kappa shape index (κ3) is 4.17. The fourth-order valence-electron chi connectivity index (χ4n) is 2.71. The third-order valence-corrected chi connectivity index (χ3v) is 4.46. The number of anilines is 2. The summed E-state index contributed by atoms with van der Waals surface area (Å²) in [5, 5.41) is 5.64. The number of aromatic nitrogens is 1. The molecule has 0 aliphatic rings. The first-order chi connectivity index (χ1) is 13.5. The average molecular weight is 375 g/mol. The van der Waals surface area contributed by atoms with Crippen LogP contribution < -0.4 is 15.4 Å². The summed E-state index contributed by atoms with van der Waals surface area (Å²) in [6.07, 6.45) is 1.44. The van der Waals surface area contributed by atoms with Crippen LogP contribution in [0.15, 0.2) is 60.8 Å². The lowest BCUT2D eigenvalue weighted by Gasteiger charge is -2.11. The number of pyridine rings is 1. The predicted molar refractivity (Wildman–Crippen MR) is 109 cm³/mol. The van der Waals surface area contributed by atoms with Crippen LogP contribution in [0.5, 0.6) is 5.75 Å². The summed E-state index contributed by atoms with van der Waals surface area (Å²) in [5.74, 6) is -0.175. The van der Waals surface area contributed by atoms with Gasteiger partial charge >= 0.3 is 0 Å². The zero-order valence-corrected chi connectivity index (χ0v) is 15.9. The molecule has 0 saturated carbocycles. The van der Waals surface area contributed by atoms with Gasteiger partial charge in [0.25, 0.3) is 11.8 Å². The molecule has 2 aromatic carbocycles. The number of hydrogen-bond acceptors (Lipinski definition) is 4. The number of nitrogens with zero attached hydrogens (tertiary/aromatic N) is 1. The number of ether oxygens (including phenoxy) is 1. The maximum atomic E-state index is 12.6. The minimum atomic E-state index is -0.374. The molecule has 1 heterocycles. The van der Waals surface area contributed by atoms with Crippen molar-refractivity contribution in [2.45, 2.75) is 13.8 Å². The van der Waals surface area contributed by atoms with Crippen molar-refractivity contribution >= 4 is 23.2 Å². The molecular weight excluding hydrogens is 354 g/mol. The summed E-state index contributed by atoms with van der Waals surface area (Å²) < 4.78 is 5.24. The van der Waals surface area contributed by atoms with E-state index in [9.17, 15) is 9.59 Å². The normalized spacial score (nSPS) is 10.2. The lowest BCUT2D eigenvalue weighted by Crippen LogP contribution is -2.17. The molecule has 0 fully saturated rings. The molecule has 0 bridgehead atoms. The second-order valence-corrected chi connectivity index (χ2v) is 6.29. The van der Waals surface area contributed by atoms with Gasteiger partial charge in [0.05, 0.1) is 12.8 Å². The number of para-hydroxylation sites is 2. The number of rotatable bonds is 5. The number of methoxy groups -OCH3 is 1. The number of amides is 2. The van der Waals surface area contributed by atoms with E-state index >= 15 is 0 Å². The summed E-state index contributed by atoms with van der Waals surface area (Å²) >= 11 is 0. The Balaban J connectivity index is 1.78. The van der Waals surface area contributed by atoms with Gasteiger partial charge < -0.3 is 15.4 Å². The molecule has 0 spiro atoms. The molecule has 2 N–H and O–H groups in total. The van der Waals surface area contributed by atoms with E-state index in [4.69, 9.17) is 4.74 Å². The second kappa shape index (κ2) is 8.35. The van der Waals surface area contributed by atoms with E-state index in [1.165, 1.54) is 19.4 Å². The maximum absolute atomic E-state index is 12.6. The van der Waals surface area contributed by atoms with Gasteiger partial charge in [-0.25, -0.2) is 0 Å². The number of aryl methyl sites for hydroxylation is 1. The quantitative estimate of drug-likeness (QED) is 0.700. The predicted octanol–water partition coefficient (Wildman–Crippen LogP) is 4.21. The lowest BCUT2D eigenvalue weighted by atomic mass is 10.1. The topological polar surface area (TPSA) is 80.3 Å². The molecular formula is C22H21N3O3.